The Morgan fingerprint density at radius 1 is 1.71 bits per heavy atom. The molecule has 0 aliphatic heterocycles. The van der Waals surface area contributed by atoms with Crippen LogP contribution in [0.1, 0.15) is 23.6 Å². The van der Waals surface area contributed by atoms with Crippen LogP contribution in [0.3, 0.4) is 0 Å². The molecule has 0 aromatic carbocycles. The summed E-state index contributed by atoms with van der Waals surface area (Å²) in [5.41, 5.74) is 0. The Labute approximate surface area is 96.1 Å². The number of aliphatic carboxylic acids is 1. The maximum Gasteiger partial charge on any atom is 0.306 e. The Kier molecular flexibility index (Phi) is 4.13. The maximum atomic E-state index is 10.7. The van der Waals surface area contributed by atoms with Crippen molar-refractivity contribution in [3.8, 4) is 0 Å². The van der Waals surface area contributed by atoms with Crippen molar-refractivity contribution in [2.45, 2.75) is 26.7 Å². The first-order chi connectivity index (χ1) is 6.54. The molecule has 0 amide bonds. The molecule has 0 radical (unpaired) electrons. The second-order valence-electron chi connectivity index (χ2n) is 3.28. The molecule has 0 bridgehead atoms. The zero-order valence-electron chi connectivity index (χ0n) is 8.21. The summed E-state index contributed by atoms with van der Waals surface area (Å²) in [6.07, 6.45) is 1.62. The molecule has 2 nitrogen and oxygen atoms in total. The smallest absolute Gasteiger partial charge is 0.306 e. The summed E-state index contributed by atoms with van der Waals surface area (Å²) in [6.45, 7) is 3.84. The van der Waals surface area contributed by atoms with Gasteiger partial charge in [0.25, 0.3) is 0 Å². The summed E-state index contributed by atoms with van der Waals surface area (Å²) in [6, 6.07) is 2.03. The second-order valence-corrected chi connectivity index (χ2v) is 5.36. The van der Waals surface area contributed by atoms with Crippen LogP contribution in [0.15, 0.2) is 10.5 Å². The highest BCUT2D eigenvalue weighted by atomic mass is 79.9. The van der Waals surface area contributed by atoms with Crippen LogP contribution in [0, 0.1) is 5.92 Å². The van der Waals surface area contributed by atoms with Crippen LogP contribution in [0.5, 0.6) is 0 Å². The molecule has 0 aliphatic rings. The van der Waals surface area contributed by atoms with Gasteiger partial charge in [0.1, 0.15) is 0 Å². The molecule has 1 unspecified atom stereocenters. The molecular formula is C10H13BrO2S. The van der Waals surface area contributed by atoms with Gasteiger partial charge in [-0.2, -0.15) is 0 Å². The molecule has 0 spiro atoms. The number of halogens is 1. The Morgan fingerprint density at radius 2 is 2.36 bits per heavy atom. The monoisotopic (exact) mass is 276 g/mol. The van der Waals surface area contributed by atoms with Gasteiger partial charge in [-0.15, -0.1) is 11.3 Å². The molecule has 1 heterocycles. The lowest BCUT2D eigenvalue weighted by molar-refractivity contribution is -0.141. The van der Waals surface area contributed by atoms with E-state index in [-0.39, 0.29) is 5.92 Å². The molecule has 0 saturated heterocycles. The number of carbonyl (C=O) groups is 1. The van der Waals surface area contributed by atoms with Gasteiger partial charge in [-0.3, -0.25) is 4.79 Å². The van der Waals surface area contributed by atoms with E-state index in [1.54, 1.807) is 18.3 Å². The van der Waals surface area contributed by atoms with Gasteiger partial charge in [0.15, 0.2) is 0 Å². The molecule has 0 aliphatic carbocycles. The zero-order chi connectivity index (χ0) is 10.7. The van der Waals surface area contributed by atoms with E-state index in [2.05, 4.69) is 22.9 Å². The molecule has 1 atom stereocenters. The van der Waals surface area contributed by atoms with Crippen molar-refractivity contribution in [2.75, 3.05) is 0 Å². The van der Waals surface area contributed by atoms with Crippen molar-refractivity contribution >= 4 is 33.2 Å². The SMILES string of the molecule is CCc1sc(CC(C)C(=O)O)cc1Br. The third kappa shape index (κ3) is 2.82. The van der Waals surface area contributed by atoms with E-state index in [4.69, 9.17) is 5.11 Å². The van der Waals surface area contributed by atoms with Crippen LogP contribution in [0.2, 0.25) is 0 Å². The molecule has 0 fully saturated rings. The van der Waals surface area contributed by atoms with Crippen molar-refractivity contribution in [2.24, 2.45) is 5.92 Å². The highest BCUT2D eigenvalue weighted by Gasteiger charge is 2.14. The van der Waals surface area contributed by atoms with Crippen LogP contribution in [-0.4, -0.2) is 11.1 Å². The first kappa shape index (κ1) is 11.7. The van der Waals surface area contributed by atoms with Gasteiger partial charge >= 0.3 is 5.97 Å². The average Bonchev–Trinajstić information content (AvgIpc) is 2.45. The molecular weight excluding hydrogens is 264 g/mol. The van der Waals surface area contributed by atoms with Crippen molar-refractivity contribution in [1.29, 1.82) is 0 Å². The van der Waals surface area contributed by atoms with E-state index in [0.717, 1.165) is 15.8 Å². The zero-order valence-corrected chi connectivity index (χ0v) is 10.6. The fourth-order valence-electron chi connectivity index (χ4n) is 1.19. The molecule has 0 saturated carbocycles. The van der Waals surface area contributed by atoms with Gasteiger partial charge in [-0.25, -0.2) is 0 Å². The van der Waals surface area contributed by atoms with Crippen molar-refractivity contribution in [3.05, 3.63) is 20.3 Å². The van der Waals surface area contributed by atoms with E-state index in [1.807, 2.05) is 6.07 Å². The quantitative estimate of drug-likeness (QED) is 0.916. The third-order valence-electron chi connectivity index (χ3n) is 2.06. The highest BCUT2D eigenvalue weighted by molar-refractivity contribution is 9.10. The summed E-state index contributed by atoms with van der Waals surface area (Å²) >= 11 is 5.16. The maximum absolute atomic E-state index is 10.7. The van der Waals surface area contributed by atoms with Gasteiger partial charge in [0.2, 0.25) is 0 Å². The van der Waals surface area contributed by atoms with Gasteiger partial charge in [0, 0.05) is 14.2 Å². The second kappa shape index (κ2) is 4.94. The molecule has 1 aromatic heterocycles. The largest absolute Gasteiger partial charge is 0.481 e. The van der Waals surface area contributed by atoms with Crippen LogP contribution in [-0.2, 0) is 17.6 Å². The fraction of sp³-hybridized carbons (Fsp3) is 0.500. The highest BCUT2D eigenvalue weighted by Crippen LogP contribution is 2.29. The standard InChI is InChI=1S/C10H13BrO2S/c1-3-9-8(11)5-7(14-9)4-6(2)10(12)13/h5-6H,3-4H2,1-2H3,(H,12,13). The van der Waals surface area contributed by atoms with E-state index in [0.29, 0.717) is 6.42 Å². The van der Waals surface area contributed by atoms with Gasteiger partial charge in [-0.05, 0) is 34.8 Å². The van der Waals surface area contributed by atoms with Crippen molar-refractivity contribution in [1.82, 2.24) is 0 Å². The molecule has 4 heteroatoms. The van der Waals surface area contributed by atoms with Crippen LogP contribution < -0.4 is 0 Å². The number of hydrogen-bond acceptors (Lipinski definition) is 2. The van der Waals surface area contributed by atoms with Crippen LogP contribution in [0.4, 0.5) is 0 Å². The normalized spacial score (nSPS) is 12.8. The van der Waals surface area contributed by atoms with Gasteiger partial charge in [0.05, 0.1) is 5.92 Å². The number of rotatable bonds is 4. The molecule has 1 N–H and O–H groups in total. The average molecular weight is 277 g/mol. The lowest BCUT2D eigenvalue weighted by Gasteiger charge is -2.02. The van der Waals surface area contributed by atoms with Gasteiger partial charge < -0.3 is 5.11 Å². The van der Waals surface area contributed by atoms with Crippen LogP contribution >= 0.6 is 27.3 Å². The minimum Gasteiger partial charge on any atom is -0.481 e. The molecule has 1 rings (SSSR count). The number of aryl methyl sites for hydroxylation is 1. The van der Waals surface area contributed by atoms with E-state index in [1.165, 1.54) is 4.88 Å². The van der Waals surface area contributed by atoms with E-state index in [9.17, 15) is 4.79 Å². The predicted octanol–water partition coefficient (Wildman–Crippen LogP) is 3.34. The summed E-state index contributed by atoms with van der Waals surface area (Å²) in [7, 11) is 0. The lowest BCUT2D eigenvalue weighted by Crippen LogP contribution is -2.11. The predicted molar refractivity (Wildman–Crippen MR) is 61.9 cm³/mol. The molecule has 14 heavy (non-hydrogen) atoms. The first-order valence-electron chi connectivity index (χ1n) is 4.54. The Bertz CT molecular complexity index is 333. The number of carboxylic acid groups (broad SMARTS) is 1. The Morgan fingerprint density at radius 3 is 2.79 bits per heavy atom. The topological polar surface area (TPSA) is 37.3 Å². The number of thiophene rings is 1. The first-order valence-corrected chi connectivity index (χ1v) is 6.15. The fourth-order valence-corrected chi connectivity index (χ4v) is 3.27. The molecule has 1 aromatic rings. The summed E-state index contributed by atoms with van der Waals surface area (Å²) in [5.74, 6) is -1.03. The summed E-state index contributed by atoms with van der Waals surface area (Å²) in [5, 5.41) is 8.77. The summed E-state index contributed by atoms with van der Waals surface area (Å²) < 4.78 is 1.11. The Hall–Kier alpha value is -0.350. The third-order valence-corrected chi connectivity index (χ3v) is 4.33. The minimum absolute atomic E-state index is 0.301. The van der Waals surface area contributed by atoms with Crippen LogP contribution in [0.25, 0.3) is 0 Å². The van der Waals surface area contributed by atoms with E-state index >= 15 is 0 Å². The molecule has 78 valence electrons. The lowest BCUT2D eigenvalue weighted by atomic mass is 10.1. The van der Waals surface area contributed by atoms with Crippen molar-refractivity contribution < 1.29 is 9.90 Å². The van der Waals surface area contributed by atoms with E-state index < -0.39 is 5.97 Å². The van der Waals surface area contributed by atoms with Gasteiger partial charge in [-0.1, -0.05) is 13.8 Å². The van der Waals surface area contributed by atoms with Crippen molar-refractivity contribution in [3.63, 3.8) is 0 Å². The number of carboxylic acids is 1. The number of hydrogen-bond donors (Lipinski definition) is 1. The summed E-state index contributed by atoms with van der Waals surface area (Å²) in [4.78, 5) is 13.1. The minimum atomic E-state index is -0.729. The Balaban J connectivity index is 2.72.